The molecule has 3 unspecified atom stereocenters. The number of carboxylic acids is 1. The minimum absolute atomic E-state index is 0.213. The van der Waals surface area contributed by atoms with E-state index in [2.05, 4.69) is 0 Å². The first-order chi connectivity index (χ1) is 8.36. The van der Waals surface area contributed by atoms with Crippen LogP contribution < -0.4 is 0 Å². The molecule has 0 bridgehead atoms. The summed E-state index contributed by atoms with van der Waals surface area (Å²) in [6.07, 6.45) is 2.90. The summed E-state index contributed by atoms with van der Waals surface area (Å²) in [7, 11) is 3.08. The fourth-order valence-corrected chi connectivity index (χ4v) is 2.27. The molecule has 0 aliphatic heterocycles. The van der Waals surface area contributed by atoms with E-state index in [1.807, 2.05) is 0 Å². The number of nitrogens with zero attached hydrogens (tertiary/aromatic N) is 2. The van der Waals surface area contributed by atoms with Crippen LogP contribution in [0.4, 0.5) is 4.79 Å². The Bertz CT molecular complexity index is 321. The molecular weight excluding hydrogens is 236 g/mol. The maximum atomic E-state index is 12.1. The molecule has 6 nitrogen and oxygen atoms in total. The summed E-state index contributed by atoms with van der Waals surface area (Å²) >= 11 is 0. The fraction of sp³-hybridized carbons (Fsp3) is 0.833. The molecule has 18 heavy (non-hydrogen) atoms. The normalized spacial score (nSPS) is 25.3. The van der Waals surface area contributed by atoms with Crippen molar-refractivity contribution in [1.29, 1.82) is 0 Å². The van der Waals surface area contributed by atoms with Crippen molar-refractivity contribution in [3.05, 3.63) is 0 Å². The van der Waals surface area contributed by atoms with Crippen molar-refractivity contribution in [2.75, 3.05) is 14.1 Å². The van der Waals surface area contributed by atoms with E-state index in [-0.39, 0.29) is 12.1 Å². The first kappa shape index (κ1) is 14.8. The fourth-order valence-electron chi connectivity index (χ4n) is 2.27. The number of rotatable bonds is 3. The van der Waals surface area contributed by atoms with Crippen LogP contribution in [0.2, 0.25) is 0 Å². The van der Waals surface area contributed by atoms with Gasteiger partial charge in [0.05, 0.1) is 12.1 Å². The van der Waals surface area contributed by atoms with Crippen molar-refractivity contribution in [3.8, 4) is 0 Å². The van der Waals surface area contributed by atoms with Crippen LogP contribution in [0, 0.1) is 0 Å². The minimum atomic E-state index is -1.04. The Kier molecular flexibility index (Phi) is 4.95. The second-order valence-electron chi connectivity index (χ2n) is 4.94. The van der Waals surface area contributed by atoms with E-state index in [9.17, 15) is 14.7 Å². The Hall–Kier alpha value is -1.30. The van der Waals surface area contributed by atoms with Gasteiger partial charge in [-0.15, -0.1) is 0 Å². The molecule has 3 atom stereocenters. The standard InChI is InChI=1S/C12H22N2O4/c1-8(11(16)17)13(2)12(18)14(3)9-6-4-5-7-10(9)15/h8-10,15H,4-7H2,1-3H3,(H,16,17). The summed E-state index contributed by atoms with van der Waals surface area (Å²) in [4.78, 5) is 25.6. The predicted octanol–water partition coefficient (Wildman–Crippen LogP) is 0.747. The number of carbonyl (C=O) groups is 2. The zero-order valence-corrected chi connectivity index (χ0v) is 11.2. The van der Waals surface area contributed by atoms with Crippen LogP contribution in [0.3, 0.4) is 0 Å². The van der Waals surface area contributed by atoms with Gasteiger partial charge in [0.25, 0.3) is 0 Å². The number of amides is 2. The van der Waals surface area contributed by atoms with Crippen LogP contribution in [-0.2, 0) is 4.79 Å². The summed E-state index contributed by atoms with van der Waals surface area (Å²) < 4.78 is 0. The number of urea groups is 1. The lowest BCUT2D eigenvalue weighted by atomic mass is 9.92. The number of likely N-dealkylation sites (N-methyl/N-ethyl adjacent to an activating group) is 2. The largest absolute Gasteiger partial charge is 0.480 e. The lowest BCUT2D eigenvalue weighted by Gasteiger charge is -2.37. The second kappa shape index (κ2) is 6.04. The molecule has 0 aromatic heterocycles. The van der Waals surface area contributed by atoms with E-state index < -0.39 is 18.1 Å². The molecule has 0 saturated heterocycles. The highest BCUT2D eigenvalue weighted by atomic mass is 16.4. The molecule has 6 heteroatoms. The summed E-state index contributed by atoms with van der Waals surface area (Å²) in [5.41, 5.74) is 0. The molecule has 1 aliphatic rings. The van der Waals surface area contributed by atoms with Crippen molar-refractivity contribution in [3.63, 3.8) is 0 Å². The van der Waals surface area contributed by atoms with Crippen LogP contribution in [0.5, 0.6) is 0 Å². The van der Waals surface area contributed by atoms with Crippen LogP contribution in [0.1, 0.15) is 32.6 Å². The highest BCUT2D eigenvalue weighted by Gasteiger charge is 2.32. The van der Waals surface area contributed by atoms with E-state index >= 15 is 0 Å². The van der Waals surface area contributed by atoms with Crippen molar-refractivity contribution in [1.82, 2.24) is 9.80 Å². The summed E-state index contributed by atoms with van der Waals surface area (Å²) in [6, 6.07) is -1.45. The monoisotopic (exact) mass is 258 g/mol. The number of aliphatic carboxylic acids is 1. The molecule has 104 valence electrons. The lowest BCUT2D eigenvalue weighted by molar-refractivity contribution is -0.141. The molecule has 0 radical (unpaired) electrons. The van der Waals surface area contributed by atoms with Crippen molar-refractivity contribution < 1.29 is 19.8 Å². The average Bonchev–Trinajstić information content (AvgIpc) is 2.35. The summed E-state index contributed by atoms with van der Waals surface area (Å²) in [5, 5.41) is 18.8. The van der Waals surface area contributed by atoms with E-state index in [1.165, 1.54) is 23.8 Å². The van der Waals surface area contributed by atoms with E-state index in [0.717, 1.165) is 19.3 Å². The Labute approximate surface area is 107 Å². The third-order valence-corrected chi connectivity index (χ3v) is 3.73. The van der Waals surface area contributed by atoms with Crippen LogP contribution in [0.25, 0.3) is 0 Å². The first-order valence-corrected chi connectivity index (χ1v) is 6.26. The Balaban J connectivity index is 2.67. The smallest absolute Gasteiger partial charge is 0.326 e. The number of hydrogen-bond donors (Lipinski definition) is 2. The van der Waals surface area contributed by atoms with Gasteiger partial charge in [-0.25, -0.2) is 9.59 Å². The van der Waals surface area contributed by atoms with Crippen molar-refractivity contribution in [2.24, 2.45) is 0 Å². The topological polar surface area (TPSA) is 81.1 Å². The molecule has 1 saturated carbocycles. The Morgan fingerprint density at radius 3 is 2.28 bits per heavy atom. The van der Waals surface area contributed by atoms with Crippen molar-refractivity contribution in [2.45, 2.75) is 50.8 Å². The molecule has 0 heterocycles. The second-order valence-corrected chi connectivity index (χ2v) is 4.94. The van der Waals surface area contributed by atoms with Crippen molar-refractivity contribution >= 4 is 12.0 Å². The van der Waals surface area contributed by atoms with Gasteiger partial charge in [-0.05, 0) is 19.8 Å². The van der Waals surface area contributed by atoms with E-state index in [0.29, 0.717) is 6.42 Å². The van der Waals surface area contributed by atoms with E-state index in [4.69, 9.17) is 5.11 Å². The molecule has 0 aromatic rings. The van der Waals surface area contributed by atoms with Crippen LogP contribution in [0.15, 0.2) is 0 Å². The molecule has 2 amide bonds. The maximum absolute atomic E-state index is 12.1. The molecule has 0 spiro atoms. The highest BCUT2D eigenvalue weighted by Crippen LogP contribution is 2.23. The van der Waals surface area contributed by atoms with Crippen LogP contribution >= 0.6 is 0 Å². The van der Waals surface area contributed by atoms with Gasteiger partial charge in [-0.3, -0.25) is 0 Å². The number of aliphatic hydroxyl groups is 1. The van der Waals surface area contributed by atoms with Gasteiger partial charge in [0, 0.05) is 14.1 Å². The molecule has 2 N–H and O–H groups in total. The first-order valence-electron chi connectivity index (χ1n) is 6.26. The van der Waals surface area contributed by atoms with Gasteiger partial charge in [-0.1, -0.05) is 12.8 Å². The van der Waals surface area contributed by atoms with Crippen LogP contribution in [-0.4, -0.2) is 64.3 Å². The third-order valence-electron chi connectivity index (χ3n) is 3.73. The minimum Gasteiger partial charge on any atom is -0.480 e. The average molecular weight is 258 g/mol. The van der Waals surface area contributed by atoms with Gasteiger partial charge >= 0.3 is 12.0 Å². The SMILES string of the molecule is CC(C(=O)O)N(C)C(=O)N(C)C1CCCCC1O. The lowest BCUT2D eigenvalue weighted by Crippen LogP contribution is -2.53. The molecular formula is C12H22N2O4. The highest BCUT2D eigenvalue weighted by molar-refractivity contribution is 5.82. The van der Waals surface area contributed by atoms with E-state index in [1.54, 1.807) is 7.05 Å². The maximum Gasteiger partial charge on any atom is 0.326 e. The third kappa shape index (κ3) is 3.13. The predicted molar refractivity (Wildman–Crippen MR) is 66.3 cm³/mol. The van der Waals surface area contributed by atoms with Gasteiger partial charge in [0.1, 0.15) is 6.04 Å². The molecule has 0 aromatic carbocycles. The zero-order chi connectivity index (χ0) is 13.9. The quantitative estimate of drug-likeness (QED) is 0.782. The van der Waals surface area contributed by atoms with Gasteiger partial charge in [0.2, 0.25) is 0 Å². The molecule has 1 aliphatic carbocycles. The molecule has 1 rings (SSSR count). The number of carbonyl (C=O) groups excluding carboxylic acids is 1. The van der Waals surface area contributed by atoms with Gasteiger partial charge in [0.15, 0.2) is 0 Å². The number of aliphatic hydroxyl groups excluding tert-OH is 1. The Morgan fingerprint density at radius 2 is 1.78 bits per heavy atom. The number of carboxylic acid groups (broad SMARTS) is 1. The zero-order valence-electron chi connectivity index (χ0n) is 11.2. The summed E-state index contributed by atoms with van der Waals surface area (Å²) in [5.74, 6) is -1.04. The Morgan fingerprint density at radius 1 is 1.22 bits per heavy atom. The summed E-state index contributed by atoms with van der Waals surface area (Å²) in [6.45, 7) is 1.46. The molecule has 1 fully saturated rings. The number of hydrogen-bond acceptors (Lipinski definition) is 3. The van der Waals surface area contributed by atoms with Gasteiger partial charge < -0.3 is 20.0 Å². The van der Waals surface area contributed by atoms with Gasteiger partial charge in [-0.2, -0.15) is 0 Å².